The highest BCUT2D eigenvalue weighted by atomic mass is 15.4. The second kappa shape index (κ2) is 6.62. The van der Waals surface area contributed by atoms with Crippen molar-refractivity contribution in [3.05, 3.63) is 0 Å². The summed E-state index contributed by atoms with van der Waals surface area (Å²) in [5.74, 6) is 0.811. The van der Waals surface area contributed by atoms with E-state index in [1.807, 2.05) is 0 Å². The molecule has 0 bridgehead atoms. The first kappa shape index (κ1) is 14.7. The van der Waals surface area contributed by atoms with Crippen LogP contribution in [0, 0.1) is 0 Å². The third-order valence-corrected chi connectivity index (χ3v) is 4.92. The Balaban J connectivity index is 2.02. The number of hydrogen-bond donors (Lipinski definition) is 1. The van der Waals surface area contributed by atoms with E-state index < -0.39 is 0 Å². The normalized spacial score (nSPS) is 29.4. The van der Waals surface area contributed by atoms with E-state index in [0.717, 1.165) is 12.5 Å². The van der Waals surface area contributed by atoms with E-state index in [0.29, 0.717) is 6.04 Å². The van der Waals surface area contributed by atoms with Crippen LogP contribution in [0.4, 0.5) is 0 Å². The highest BCUT2D eigenvalue weighted by molar-refractivity contribution is 5.81. The van der Waals surface area contributed by atoms with Gasteiger partial charge in [0.25, 0.3) is 0 Å². The van der Waals surface area contributed by atoms with E-state index in [9.17, 15) is 0 Å². The summed E-state index contributed by atoms with van der Waals surface area (Å²) in [6.45, 7) is 5.54. The summed E-state index contributed by atoms with van der Waals surface area (Å²) >= 11 is 0. The summed E-state index contributed by atoms with van der Waals surface area (Å²) in [6.07, 6.45) is 13.3. The molecule has 3 nitrogen and oxygen atoms in total. The number of guanidine groups is 1. The van der Waals surface area contributed by atoms with Gasteiger partial charge in [-0.05, 0) is 26.2 Å². The Morgan fingerprint density at radius 2 is 1.89 bits per heavy atom. The van der Waals surface area contributed by atoms with Crippen molar-refractivity contribution in [1.29, 1.82) is 0 Å². The minimum absolute atomic E-state index is 0.189. The summed E-state index contributed by atoms with van der Waals surface area (Å²) < 4.78 is 0. The van der Waals surface area contributed by atoms with Crippen molar-refractivity contribution >= 4 is 5.96 Å². The molecule has 0 saturated heterocycles. The highest BCUT2D eigenvalue weighted by Gasteiger charge is 2.41. The number of aliphatic imine (C=N–C) groups is 1. The molecule has 1 unspecified atom stereocenters. The van der Waals surface area contributed by atoms with Crippen molar-refractivity contribution in [2.24, 2.45) is 10.7 Å². The van der Waals surface area contributed by atoms with Crippen molar-refractivity contribution in [2.75, 3.05) is 6.54 Å². The summed E-state index contributed by atoms with van der Waals surface area (Å²) in [4.78, 5) is 7.07. The summed E-state index contributed by atoms with van der Waals surface area (Å²) in [5, 5.41) is 0. The van der Waals surface area contributed by atoms with Crippen LogP contribution in [0.15, 0.2) is 4.99 Å². The molecular weight excluding hydrogens is 234 g/mol. The molecule has 0 radical (unpaired) electrons. The quantitative estimate of drug-likeness (QED) is 0.608. The van der Waals surface area contributed by atoms with Gasteiger partial charge in [0, 0.05) is 6.04 Å². The summed E-state index contributed by atoms with van der Waals surface area (Å²) in [6, 6.07) is 0.639. The first-order valence-corrected chi connectivity index (χ1v) is 8.26. The Hall–Kier alpha value is -0.730. The van der Waals surface area contributed by atoms with Gasteiger partial charge in [-0.25, -0.2) is 0 Å². The van der Waals surface area contributed by atoms with Crippen LogP contribution in [0.25, 0.3) is 0 Å². The smallest absolute Gasteiger partial charge is 0.192 e. The Labute approximate surface area is 118 Å². The number of unbranched alkanes of at least 4 members (excludes halogenated alkanes) is 2. The third-order valence-electron chi connectivity index (χ3n) is 4.92. The van der Waals surface area contributed by atoms with Gasteiger partial charge in [0.15, 0.2) is 5.96 Å². The van der Waals surface area contributed by atoms with Gasteiger partial charge in [0.1, 0.15) is 0 Å². The number of nitrogens with two attached hydrogens (primary N) is 1. The second-order valence-corrected chi connectivity index (χ2v) is 6.64. The van der Waals surface area contributed by atoms with Gasteiger partial charge >= 0.3 is 0 Å². The number of nitrogens with zero attached hydrogens (tertiary/aromatic N) is 2. The molecule has 1 fully saturated rings. The van der Waals surface area contributed by atoms with Crippen LogP contribution in [0.5, 0.6) is 0 Å². The zero-order valence-electron chi connectivity index (χ0n) is 12.8. The van der Waals surface area contributed by atoms with Crippen LogP contribution in [-0.4, -0.2) is 29.0 Å². The lowest BCUT2D eigenvalue weighted by atomic mass is 9.90. The molecule has 110 valence electrons. The minimum atomic E-state index is 0.189. The van der Waals surface area contributed by atoms with E-state index in [2.05, 4.69) is 23.7 Å². The lowest BCUT2D eigenvalue weighted by Crippen LogP contribution is -2.54. The Morgan fingerprint density at radius 3 is 2.53 bits per heavy atom. The molecule has 0 aromatic heterocycles. The lowest BCUT2D eigenvalue weighted by Gasteiger charge is -2.42. The van der Waals surface area contributed by atoms with E-state index in [-0.39, 0.29) is 5.54 Å². The topological polar surface area (TPSA) is 41.6 Å². The molecule has 1 aliphatic heterocycles. The van der Waals surface area contributed by atoms with Crippen molar-refractivity contribution in [2.45, 2.75) is 89.6 Å². The summed E-state index contributed by atoms with van der Waals surface area (Å²) in [7, 11) is 0. The van der Waals surface area contributed by atoms with Crippen LogP contribution in [0.2, 0.25) is 0 Å². The number of rotatable bonds is 5. The molecule has 1 heterocycles. The first-order chi connectivity index (χ1) is 9.17. The molecule has 0 amide bonds. The Kier molecular flexibility index (Phi) is 5.12. The average molecular weight is 265 g/mol. The van der Waals surface area contributed by atoms with E-state index in [1.165, 1.54) is 64.2 Å². The molecule has 0 spiro atoms. The SMILES string of the molecule is CCCCCC1(C)CN=C(N)N1C1CCCCCC1. The maximum atomic E-state index is 6.22. The summed E-state index contributed by atoms with van der Waals surface area (Å²) in [5.41, 5.74) is 6.41. The monoisotopic (exact) mass is 265 g/mol. The van der Waals surface area contributed by atoms with E-state index >= 15 is 0 Å². The van der Waals surface area contributed by atoms with Crippen LogP contribution in [0.1, 0.15) is 78.1 Å². The predicted molar refractivity (Wildman–Crippen MR) is 82.4 cm³/mol. The van der Waals surface area contributed by atoms with Crippen molar-refractivity contribution < 1.29 is 0 Å². The molecule has 19 heavy (non-hydrogen) atoms. The molecule has 1 aliphatic carbocycles. The van der Waals surface area contributed by atoms with E-state index in [1.54, 1.807) is 0 Å². The molecule has 1 saturated carbocycles. The minimum Gasteiger partial charge on any atom is -0.370 e. The van der Waals surface area contributed by atoms with Crippen molar-refractivity contribution in [3.8, 4) is 0 Å². The van der Waals surface area contributed by atoms with Crippen molar-refractivity contribution in [1.82, 2.24) is 4.90 Å². The molecule has 2 N–H and O–H groups in total. The lowest BCUT2D eigenvalue weighted by molar-refractivity contribution is 0.139. The second-order valence-electron chi connectivity index (χ2n) is 6.64. The van der Waals surface area contributed by atoms with Gasteiger partial charge in [-0.3, -0.25) is 4.99 Å². The average Bonchev–Trinajstić information content (AvgIpc) is 2.60. The van der Waals surface area contributed by atoms with E-state index in [4.69, 9.17) is 5.73 Å². The molecule has 0 aromatic rings. The zero-order valence-corrected chi connectivity index (χ0v) is 12.8. The molecule has 3 heteroatoms. The highest BCUT2D eigenvalue weighted by Crippen LogP contribution is 2.34. The zero-order chi connectivity index (χ0) is 13.7. The van der Waals surface area contributed by atoms with Gasteiger partial charge in [-0.1, -0.05) is 51.9 Å². The molecule has 0 aromatic carbocycles. The van der Waals surface area contributed by atoms with Gasteiger partial charge in [0.2, 0.25) is 0 Å². The van der Waals surface area contributed by atoms with Crippen molar-refractivity contribution in [3.63, 3.8) is 0 Å². The number of hydrogen-bond acceptors (Lipinski definition) is 3. The fourth-order valence-corrected chi connectivity index (χ4v) is 3.78. The van der Waals surface area contributed by atoms with Crippen LogP contribution >= 0.6 is 0 Å². The molecular formula is C16H31N3. The van der Waals surface area contributed by atoms with Gasteiger partial charge in [-0.15, -0.1) is 0 Å². The maximum Gasteiger partial charge on any atom is 0.192 e. The van der Waals surface area contributed by atoms with Gasteiger partial charge < -0.3 is 10.6 Å². The van der Waals surface area contributed by atoms with Crippen LogP contribution in [-0.2, 0) is 0 Å². The fraction of sp³-hybridized carbons (Fsp3) is 0.938. The molecule has 1 atom stereocenters. The standard InChI is InChI=1S/C16H31N3/c1-3-4-9-12-16(2)13-18-15(17)19(16)14-10-7-5-6-8-11-14/h14H,3-13H2,1-2H3,(H2,17,18). The van der Waals surface area contributed by atoms with Gasteiger partial charge in [0.05, 0.1) is 12.1 Å². The first-order valence-electron chi connectivity index (χ1n) is 8.26. The maximum absolute atomic E-state index is 6.22. The largest absolute Gasteiger partial charge is 0.370 e. The molecule has 2 rings (SSSR count). The van der Waals surface area contributed by atoms with Crippen LogP contribution < -0.4 is 5.73 Å². The van der Waals surface area contributed by atoms with Gasteiger partial charge in [-0.2, -0.15) is 0 Å². The Morgan fingerprint density at radius 1 is 1.21 bits per heavy atom. The fourth-order valence-electron chi connectivity index (χ4n) is 3.78. The molecule has 2 aliphatic rings. The third kappa shape index (κ3) is 3.43. The Bertz CT molecular complexity index is 305. The van der Waals surface area contributed by atoms with Crippen LogP contribution in [0.3, 0.4) is 0 Å². The predicted octanol–water partition coefficient (Wildman–Crippen LogP) is 3.68.